The molecule has 102 valence electrons. The van der Waals surface area contributed by atoms with E-state index in [0.717, 1.165) is 37.4 Å². The molecule has 0 aliphatic heterocycles. The summed E-state index contributed by atoms with van der Waals surface area (Å²) in [4.78, 5) is 8.40. The number of hydrogen-bond acceptors (Lipinski definition) is 3. The molecule has 2 aromatic heterocycles. The molecule has 0 radical (unpaired) electrons. The highest BCUT2D eigenvalue weighted by atomic mass is 35.5. The van der Waals surface area contributed by atoms with Gasteiger partial charge in [0, 0.05) is 25.1 Å². The smallest absolute Gasteiger partial charge is 0.106 e. The molecule has 0 spiro atoms. The normalized spacial score (nSPS) is 10.9. The van der Waals surface area contributed by atoms with Gasteiger partial charge in [0.15, 0.2) is 0 Å². The van der Waals surface area contributed by atoms with Gasteiger partial charge in [-0.15, -0.1) is 0 Å². The third-order valence-electron chi connectivity index (χ3n) is 3.06. The Bertz CT molecular complexity index is 536. The summed E-state index contributed by atoms with van der Waals surface area (Å²) in [6.45, 7) is 6.75. The molecule has 0 atom stereocenters. The van der Waals surface area contributed by atoms with E-state index in [-0.39, 0.29) is 0 Å². The monoisotopic (exact) mass is 278 g/mol. The van der Waals surface area contributed by atoms with Gasteiger partial charge in [-0.1, -0.05) is 18.5 Å². The number of hydrogen-bond donors (Lipinski definition) is 1. The largest absolute Gasteiger partial charge is 0.327 e. The molecule has 0 saturated carbocycles. The Morgan fingerprint density at radius 1 is 1.37 bits per heavy atom. The summed E-state index contributed by atoms with van der Waals surface area (Å²) in [5.74, 6) is 1.00. The highest BCUT2D eigenvalue weighted by Gasteiger charge is 2.08. The van der Waals surface area contributed by atoms with Crippen LogP contribution in [0.25, 0.3) is 0 Å². The SMILES string of the molecule is CCCNCc1cnc(C)n1Cc1ccncc1Cl. The molecule has 0 saturated heterocycles. The number of rotatable bonds is 6. The van der Waals surface area contributed by atoms with Crippen molar-refractivity contribution in [1.29, 1.82) is 0 Å². The first-order chi connectivity index (χ1) is 9.22. The molecule has 0 aliphatic rings. The molecule has 2 aromatic rings. The van der Waals surface area contributed by atoms with Crippen LogP contribution in [0.5, 0.6) is 0 Å². The number of halogens is 1. The van der Waals surface area contributed by atoms with E-state index in [9.17, 15) is 0 Å². The zero-order chi connectivity index (χ0) is 13.7. The standard InChI is InChI=1S/C14H19ClN4/c1-3-5-16-7-13-8-18-11(2)19(13)10-12-4-6-17-9-14(12)15/h4,6,8-9,16H,3,5,7,10H2,1-2H3. The van der Waals surface area contributed by atoms with Crippen molar-refractivity contribution in [1.82, 2.24) is 19.9 Å². The van der Waals surface area contributed by atoms with Crippen molar-refractivity contribution in [3.8, 4) is 0 Å². The van der Waals surface area contributed by atoms with Gasteiger partial charge >= 0.3 is 0 Å². The Labute approximate surface area is 118 Å². The molecule has 0 unspecified atom stereocenters. The lowest BCUT2D eigenvalue weighted by Gasteiger charge is -2.12. The van der Waals surface area contributed by atoms with E-state index in [2.05, 4.69) is 26.8 Å². The van der Waals surface area contributed by atoms with E-state index in [1.165, 1.54) is 5.69 Å². The van der Waals surface area contributed by atoms with Crippen LogP contribution >= 0.6 is 11.6 Å². The van der Waals surface area contributed by atoms with E-state index >= 15 is 0 Å². The van der Waals surface area contributed by atoms with E-state index in [4.69, 9.17) is 11.6 Å². The van der Waals surface area contributed by atoms with Crippen molar-refractivity contribution in [3.05, 3.63) is 46.8 Å². The summed E-state index contributed by atoms with van der Waals surface area (Å²) >= 11 is 6.16. The summed E-state index contributed by atoms with van der Waals surface area (Å²) in [6.07, 6.45) is 6.50. The van der Waals surface area contributed by atoms with Gasteiger partial charge in [0.05, 0.1) is 17.3 Å². The first-order valence-electron chi connectivity index (χ1n) is 6.52. The summed E-state index contributed by atoms with van der Waals surface area (Å²) in [5, 5.41) is 4.10. The van der Waals surface area contributed by atoms with Crippen LogP contribution in [0.15, 0.2) is 24.7 Å². The average Bonchev–Trinajstić information content (AvgIpc) is 2.74. The number of imidazole rings is 1. The predicted molar refractivity (Wildman–Crippen MR) is 77.3 cm³/mol. The molecule has 0 aliphatic carbocycles. The van der Waals surface area contributed by atoms with Crippen LogP contribution in [0, 0.1) is 6.92 Å². The maximum Gasteiger partial charge on any atom is 0.106 e. The van der Waals surface area contributed by atoms with Crippen LogP contribution in [0.1, 0.15) is 30.4 Å². The van der Waals surface area contributed by atoms with E-state index in [1.54, 1.807) is 12.4 Å². The second-order valence-electron chi connectivity index (χ2n) is 4.53. The Balaban J connectivity index is 2.15. The zero-order valence-electron chi connectivity index (χ0n) is 11.4. The first kappa shape index (κ1) is 14.0. The van der Waals surface area contributed by atoms with Crippen LogP contribution < -0.4 is 5.32 Å². The third kappa shape index (κ3) is 3.55. The maximum atomic E-state index is 6.16. The van der Waals surface area contributed by atoms with Gasteiger partial charge in [-0.2, -0.15) is 0 Å². The Kier molecular flexibility index (Phi) is 4.93. The van der Waals surface area contributed by atoms with Crippen molar-refractivity contribution in [2.75, 3.05) is 6.54 Å². The average molecular weight is 279 g/mol. The van der Waals surface area contributed by atoms with E-state index in [0.29, 0.717) is 5.02 Å². The number of aromatic nitrogens is 3. The van der Waals surface area contributed by atoms with Gasteiger partial charge in [0.1, 0.15) is 5.82 Å². The van der Waals surface area contributed by atoms with Gasteiger partial charge < -0.3 is 9.88 Å². The fourth-order valence-corrected chi connectivity index (χ4v) is 2.15. The van der Waals surface area contributed by atoms with E-state index in [1.807, 2.05) is 19.2 Å². The minimum absolute atomic E-state index is 0.697. The van der Waals surface area contributed by atoms with Gasteiger partial charge in [-0.3, -0.25) is 4.98 Å². The second-order valence-corrected chi connectivity index (χ2v) is 4.93. The molecule has 4 nitrogen and oxygen atoms in total. The van der Waals surface area contributed by atoms with Gasteiger partial charge in [-0.25, -0.2) is 4.98 Å². The highest BCUT2D eigenvalue weighted by Crippen LogP contribution is 2.17. The molecule has 0 amide bonds. The number of nitrogens with zero attached hydrogens (tertiary/aromatic N) is 3. The summed E-state index contributed by atoms with van der Waals surface area (Å²) in [5.41, 5.74) is 2.24. The molecule has 19 heavy (non-hydrogen) atoms. The summed E-state index contributed by atoms with van der Waals surface area (Å²) in [7, 11) is 0. The summed E-state index contributed by atoms with van der Waals surface area (Å²) < 4.78 is 2.18. The third-order valence-corrected chi connectivity index (χ3v) is 3.40. The van der Waals surface area contributed by atoms with Crippen LogP contribution in [-0.2, 0) is 13.1 Å². The molecule has 2 heterocycles. The van der Waals surface area contributed by atoms with Crippen molar-refractivity contribution in [2.45, 2.75) is 33.4 Å². The molecule has 0 bridgehead atoms. The van der Waals surface area contributed by atoms with Crippen molar-refractivity contribution < 1.29 is 0 Å². The molecule has 0 aromatic carbocycles. The zero-order valence-corrected chi connectivity index (χ0v) is 12.1. The Morgan fingerprint density at radius 3 is 2.95 bits per heavy atom. The van der Waals surface area contributed by atoms with Crippen molar-refractivity contribution >= 4 is 11.6 Å². The lowest BCUT2D eigenvalue weighted by atomic mass is 10.2. The van der Waals surface area contributed by atoms with Crippen molar-refractivity contribution in [3.63, 3.8) is 0 Å². The Morgan fingerprint density at radius 2 is 2.21 bits per heavy atom. The maximum absolute atomic E-state index is 6.16. The lowest BCUT2D eigenvalue weighted by Crippen LogP contribution is -2.17. The minimum atomic E-state index is 0.697. The fraction of sp³-hybridized carbons (Fsp3) is 0.429. The predicted octanol–water partition coefficient (Wildman–Crippen LogP) is 2.79. The molecule has 1 N–H and O–H groups in total. The van der Waals surface area contributed by atoms with Crippen LogP contribution in [-0.4, -0.2) is 21.1 Å². The lowest BCUT2D eigenvalue weighted by molar-refractivity contribution is 0.623. The van der Waals surface area contributed by atoms with Crippen molar-refractivity contribution in [2.24, 2.45) is 0 Å². The van der Waals surface area contributed by atoms with Gasteiger partial charge in [0.2, 0.25) is 0 Å². The van der Waals surface area contributed by atoms with Gasteiger partial charge in [0.25, 0.3) is 0 Å². The van der Waals surface area contributed by atoms with Crippen LogP contribution in [0.3, 0.4) is 0 Å². The van der Waals surface area contributed by atoms with Crippen LogP contribution in [0.2, 0.25) is 5.02 Å². The molecule has 5 heteroatoms. The topological polar surface area (TPSA) is 42.7 Å². The van der Waals surface area contributed by atoms with Gasteiger partial charge in [-0.05, 0) is 31.5 Å². The number of nitrogens with one attached hydrogen (secondary N) is 1. The summed E-state index contributed by atoms with van der Waals surface area (Å²) in [6, 6.07) is 1.95. The fourth-order valence-electron chi connectivity index (χ4n) is 1.97. The molecule has 2 rings (SSSR count). The molecular formula is C14H19ClN4. The molecule has 0 fully saturated rings. The van der Waals surface area contributed by atoms with E-state index < -0.39 is 0 Å². The number of aryl methyl sites for hydroxylation is 1. The highest BCUT2D eigenvalue weighted by molar-refractivity contribution is 6.31. The van der Waals surface area contributed by atoms with Crippen LogP contribution in [0.4, 0.5) is 0 Å². The number of pyridine rings is 1. The minimum Gasteiger partial charge on any atom is -0.327 e. The Hall–Kier alpha value is -1.39. The second kappa shape index (κ2) is 6.68. The molecular weight excluding hydrogens is 260 g/mol. The first-order valence-corrected chi connectivity index (χ1v) is 6.90. The quantitative estimate of drug-likeness (QED) is 0.826.